The summed E-state index contributed by atoms with van der Waals surface area (Å²) < 4.78 is 23.9. The molecule has 2 aromatic carbocycles. The van der Waals surface area contributed by atoms with Crippen LogP contribution in [0.4, 0.5) is 0 Å². The lowest BCUT2D eigenvalue weighted by molar-refractivity contribution is -0.147. The van der Waals surface area contributed by atoms with Crippen LogP contribution < -0.4 is 18.9 Å². The van der Waals surface area contributed by atoms with Crippen molar-refractivity contribution in [3.05, 3.63) is 39.4 Å². The van der Waals surface area contributed by atoms with Crippen molar-refractivity contribution in [1.29, 1.82) is 0 Å². The maximum Gasteiger partial charge on any atom is 0.351 e. The highest BCUT2D eigenvalue weighted by Crippen LogP contribution is 2.59. The molecular formula is C31H37ClO7. The van der Waals surface area contributed by atoms with Gasteiger partial charge in [-0.25, -0.2) is 4.79 Å². The lowest BCUT2D eigenvalue weighted by Crippen LogP contribution is -2.36. The summed E-state index contributed by atoms with van der Waals surface area (Å²) in [6.45, 7) is 11.7. The minimum absolute atomic E-state index is 0.0119. The van der Waals surface area contributed by atoms with E-state index in [-0.39, 0.29) is 50.7 Å². The number of ether oxygens (including phenoxy) is 4. The van der Waals surface area contributed by atoms with Gasteiger partial charge in [0.2, 0.25) is 5.75 Å². The number of benzene rings is 2. The number of carbonyl (C=O) groups is 2. The molecule has 39 heavy (non-hydrogen) atoms. The Bertz CT molecular complexity index is 1340. The standard InChI is InChI=1S/C31H37ClO7/c1-15-16(2)24(39-29(35)31(6)17-8-9-18(31)11-10-17)27-26(23(15)32)38-28(34)22-21(37-27)13-12-19(25(22)36-7)20(33)14-30(3,4)5/h12-13,17-18,20,33H,8-11,14H2,1-7H3/t17?,18?,20-,31?/m0/s1. The van der Waals surface area contributed by atoms with Gasteiger partial charge >= 0.3 is 11.9 Å². The predicted octanol–water partition coefficient (Wildman–Crippen LogP) is 7.49. The largest absolute Gasteiger partial charge is 0.495 e. The van der Waals surface area contributed by atoms with Crippen molar-refractivity contribution in [2.75, 3.05) is 7.11 Å². The van der Waals surface area contributed by atoms with Crippen LogP contribution in [0.2, 0.25) is 5.02 Å². The second kappa shape index (κ2) is 9.70. The van der Waals surface area contributed by atoms with Crippen LogP contribution >= 0.6 is 11.6 Å². The molecule has 7 nitrogen and oxygen atoms in total. The first-order valence-electron chi connectivity index (χ1n) is 13.6. The number of fused-ring (bicyclic) bond motifs is 4. The zero-order chi connectivity index (χ0) is 28.4. The van der Waals surface area contributed by atoms with E-state index in [1.807, 2.05) is 27.7 Å². The molecule has 1 atom stereocenters. The van der Waals surface area contributed by atoms with Crippen molar-refractivity contribution in [2.24, 2.45) is 22.7 Å². The fraction of sp³-hybridized carbons (Fsp3) is 0.548. The van der Waals surface area contributed by atoms with Gasteiger partial charge < -0.3 is 24.1 Å². The quantitative estimate of drug-likeness (QED) is 0.301. The maximum absolute atomic E-state index is 13.7. The fourth-order valence-electron chi connectivity index (χ4n) is 6.63. The Hall–Kier alpha value is -2.77. The number of aliphatic hydroxyl groups is 1. The molecule has 1 heterocycles. The number of aliphatic hydroxyl groups excluding tert-OH is 1. The average molecular weight is 557 g/mol. The molecule has 0 aromatic heterocycles. The van der Waals surface area contributed by atoms with E-state index >= 15 is 0 Å². The van der Waals surface area contributed by atoms with E-state index in [4.69, 9.17) is 30.5 Å². The van der Waals surface area contributed by atoms with Crippen molar-refractivity contribution >= 4 is 23.5 Å². The molecule has 0 spiro atoms. The van der Waals surface area contributed by atoms with Crippen molar-refractivity contribution < 1.29 is 33.6 Å². The molecule has 3 aliphatic rings. The number of halogens is 1. The zero-order valence-corrected chi connectivity index (χ0v) is 24.5. The maximum atomic E-state index is 13.7. The van der Waals surface area contributed by atoms with Gasteiger partial charge in [-0.3, -0.25) is 4.79 Å². The normalized spacial score (nSPS) is 24.3. The minimum Gasteiger partial charge on any atom is -0.495 e. The molecule has 8 heteroatoms. The molecule has 0 saturated heterocycles. The number of esters is 2. The highest BCUT2D eigenvalue weighted by atomic mass is 35.5. The van der Waals surface area contributed by atoms with Crippen molar-refractivity contribution in [2.45, 2.75) is 79.8 Å². The van der Waals surface area contributed by atoms with Gasteiger partial charge in [0.05, 0.1) is 23.7 Å². The number of hydrogen-bond acceptors (Lipinski definition) is 7. The first-order chi connectivity index (χ1) is 18.3. The molecule has 0 amide bonds. The van der Waals surface area contributed by atoms with Crippen LogP contribution in [0.3, 0.4) is 0 Å². The van der Waals surface area contributed by atoms with Gasteiger partial charge in [0.1, 0.15) is 17.1 Å². The van der Waals surface area contributed by atoms with Crippen molar-refractivity contribution in [3.63, 3.8) is 0 Å². The van der Waals surface area contributed by atoms with Gasteiger partial charge in [-0.2, -0.15) is 0 Å². The minimum atomic E-state index is -0.879. The molecule has 2 fully saturated rings. The van der Waals surface area contributed by atoms with Crippen LogP contribution in [-0.2, 0) is 4.79 Å². The van der Waals surface area contributed by atoms with Gasteiger partial charge in [-0.1, -0.05) is 32.4 Å². The van der Waals surface area contributed by atoms with Crippen LogP contribution in [0.1, 0.15) is 93.0 Å². The number of carbonyl (C=O) groups excluding carboxylic acids is 2. The Kier molecular flexibility index (Phi) is 6.91. The van der Waals surface area contributed by atoms with Crippen LogP contribution in [0.25, 0.3) is 0 Å². The highest BCUT2D eigenvalue weighted by molar-refractivity contribution is 6.33. The summed E-state index contributed by atoms with van der Waals surface area (Å²) in [5.74, 6) is 0.135. The molecule has 2 bridgehead atoms. The molecule has 0 radical (unpaired) electrons. The monoisotopic (exact) mass is 556 g/mol. The molecule has 0 unspecified atom stereocenters. The van der Waals surface area contributed by atoms with Gasteiger partial charge in [-0.05, 0) is 87.8 Å². The molecular weight excluding hydrogens is 520 g/mol. The SMILES string of the molecule is COc1c([C@@H](O)CC(C)(C)C)ccc2c1C(=O)Oc1c(Cl)c(C)c(C)c(OC(=O)C3(C)C4CCC3CC4)c1O2. The Balaban J connectivity index is 1.60. The summed E-state index contributed by atoms with van der Waals surface area (Å²) in [5, 5.41) is 11.2. The molecule has 1 N–H and O–H groups in total. The smallest absolute Gasteiger partial charge is 0.351 e. The lowest BCUT2D eigenvalue weighted by atomic mass is 9.80. The van der Waals surface area contributed by atoms with Crippen LogP contribution in [-0.4, -0.2) is 24.2 Å². The third-order valence-electron chi connectivity index (χ3n) is 9.03. The first-order valence-corrected chi connectivity index (χ1v) is 14.0. The summed E-state index contributed by atoms with van der Waals surface area (Å²) in [4.78, 5) is 27.2. The van der Waals surface area contributed by atoms with E-state index in [0.717, 1.165) is 25.7 Å². The molecule has 2 aliphatic carbocycles. The van der Waals surface area contributed by atoms with Crippen molar-refractivity contribution in [3.8, 4) is 28.7 Å². The van der Waals surface area contributed by atoms with E-state index in [9.17, 15) is 14.7 Å². The lowest BCUT2D eigenvalue weighted by Gasteiger charge is -2.28. The van der Waals surface area contributed by atoms with E-state index in [1.54, 1.807) is 26.0 Å². The molecule has 1 aliphatic heterocycles. The van der Waals surface area contributed by atoms with E-state index in [0.29, 0.717) is 34.9 Å². The van der Waals surface area contributed by atoms with Gasteiger partial charge in [0.25, 0.3) is 0 Å². The Morgan fingerprint density at radius 3 is 2.26 bits per heavy atom. The summed E-state index contributed by atoms with van der Waals surface area (Å²) in [5.41, 5.74) is 1.00. The van der Waals surface area contributed by atoms with Crippen LogP contribution in [0.15, 0.2) is 12.1 Å². The molecule has 2 saturated carbocycles. The summed E-state index contributed by atoms with van der Waals surface area (Å²) in [6.07, 6.45) is 3.67. The Labute approximate surface area is 234 Å². The predicted molar refractivity (Wildman–Crippen MR) is 147 cm³/mol. The number of rotatable bonds is 5. The van der Waals surface area contributed by atoms with Crippen LogP contribution in [0.5, 0.6) is 28.7 Å². The highest BCUT2D eigenvalue weighted by Gasteiger charge is 2.57. The topological polar surface area (TPSA) is 91.3 Å². The second-order valence-electron chi connectivity index (χ2n) is 12.6. The van der Waals surface area contributed by atoms with E-state index < -0.39 is 17.5 Å². The van der Waals surface area contributed by atoms with E-state index in [2.05, 4.69) is 0 Å². The third-order valence-corrected chi connectivity index (χ3v) is 9.49. The molecule has 5 rings (SSSR count). The third kappa shape index (κ3) is 4.48. The number of methoxy groups -OCH3 is 1. The second-order valence-corrected chi connectivity index (χ2v) is 13.0. The summed E-state index contributed by atoms with van der Waals surface area (Å²) in [7, 11) is 1.43. The van der Waals surface area contributed by atoms with Gasteiger partial charge in [0.15, 0.2) is 11.5 Å². The Morgan fingerprint density at radius 1 is 1.08 bits per heavy atom. The molecule has 2 aromatic rings. The summed E-state index contributed by atoms with van der Waals surface area (Å²) >= 11 is 6.68. The van der Waals surface area contributed by atoms with E-state index in [1.165, 1.54) is 7.11 Å². The van der Waals surface area contributed by atoms with Crippen molar-refractivity contribution in [1.82, 2.24) is 0 Å². The number of hydrogen-bond donors (Lipinski definition) is 1. The first kappa shape index (κ1) is 27.8. The summed E-state index contributed by atoms with van der Waals surface area (Å²) in [6, 6.07) is 3.28. The molecule has 210 valence electrons. The Morgan fingerprint density at radius 2 is 1.69 bits per heavy atom. The fourth-order valence-corrected chi connectivity index (χ4v) is 6.90. The van der Waals surface area contributed by atoms with Gasteiger partial charge in [-0.15, -0.1) is 0 Å². The van der Waals surface area contributed by atoms with Gasteiger partial charge in [0, 0.05) is 11.1 Å². The zero-order valence-electron chi connectivity index (χ0n) is 23.7. The average Bonchev–Trinajstić information content (AvgIpc) is 3.32. The van der Waals surface area contributed by atoms with Crippen LogP contribution in [0, 0.1) is 36.5 Å².